The van der Waals surface area contributed by atoms with Gasteiger partial charge < -0.3 is 20.5 Å². The molecule has 0 atom stereocenters. The van der Waals surface area contributed by atoms with Crippen LogP contribution < -0.4 is 15.4 Å². The van der Waals surface area contributed by atoms with Gasteiger partial charge in [-0.05, 0) is 18.2 Å². The van der Waals surface area contributed by atoms with Crippen LogP contribution in [0.5, 0.6) is 5.75 Å². The van der Waals surface area contributed by atoms with Gasteiger partial charge in [-0.25, -0.2) is 14.8 Å². The van der Waals surface area contributed by atoms with E-state index in [4.69, 9.17) is 21.4 Å². The maximum Gasteiger partial charge on any atom is 0.404 e. The highest BCUT2D eigenvalue weighted by Gasteiger charge is 2.19. The highest BCUT2D eigenvalue weighted by atomic mass is 79.9. The maximum absolute atomic E-state index is 11.5. The first kappa shape index (κ1) is 20.6. The number of nitro benzene ring substituents is 1. The third kappa shape index (κ3) is 5.00. The van der Waals surface area contributed by atoms with Gasteiger partial charge in [-0.15, -0.1) is 0 Å². The molecule has 12 heteroatoms. The fourth-order valence-electron chi connectivity index (χ4n) is 2.47. The van der Waals surface area contributed by atoms with Crippen LogP contribution in [0.1, 0.15) is 0 Å². The number of amides is 1. The van der Waals surface area contributed by atoms with Crippen molar-refractivity contribution >= 4 is 61.7 Å². The van der Waals surface area contributed by atoms with E-state index in [1.165, 1.54) is 18.5 Å². The number of benzene rings is 2. The number of halogens is 2. The van der Waals surface area contributed by atoms with Gasteiger partial charge in [-0.3, -0.25) is 10.1 Å². The Morgan fingerprint density at radius 1 is 1.31 bits per heavy atom. The van der Waals surface area contributed by atoms with E-state index in [-0.39, 0.29) is 24.6 Å². The van der Waals surface area contributed by atoms with Crippen molar-refractivity contribution in [3.05, 3.63) is 56.3 Å². The van der Waals surface area contributed by atoms with Gasteiger partial charge in [0, 0.05) is 16.6 Å². The SMILES string of the molecule is O=C(O)NCCOc1cc2ncnc(Nc3ccc(Br)cc3Cl)c2cc1[N+](=O)[O-]. The number of ether oxygens (including phenoxy) is 1. The molecule has 3 rings (SSSR count). The molecular weight excluding hydrogens is 470 g/mol. The molecule has 3 aromatic rings. The van der Waals surface area contributed by atoms with E-state index >= 15 is 0 Å². The Kier molecular flexibility index (Phi) is 6.29. The predicted molar refractivity (Wildman–Crippen MR) is 110 cm³/mol. The zero-order chi connectivity index (χ0) is 21.0. The number of carboxylic acid groups (broad SMARTS) is 1. The second-order valence-corrected chi connectivity index (χ2v) is 6.97. The minimum absolute atomic E-state index is 0.0246. The maximum atomic E-state index is 11.5. The molecule has 0 aliphatic heterocycles. The molecular formula is C17H13BrClN5O5. The van der Waals surface area contributed by atoms with Crippen LogP contribution in [0.4, 0.5) is 22.0 Å². The third-order valence-corrected chi connectivity index (χ3v) is 4.54. The Balaban J connectivity index is 1.95. The second kappa shape index (κ2) is 8.88. The molecule has 0 saturated carbocycles. The quantitative estimate of drug-likeness (QED) is 0.257. The Bertz CT molecular complexity index is 1100. The zero-order valence-corrected chi connectivity index (χ0v) is 16.9. The van der Waals surface area contributed by atoms with Gasteiger partial charge in [0.05, 0.1) is 33.1 Å². The molecule has 0 radical (unpaired) electrons. The topological polar surface area (TPSA) is 140 Å². The summed E-state index contributed by atoms with van der Waals surface area (Å²) in [5.41, 5.74) is 0.674. The number of anilines is 2. The Morgan fingerprint density at radius 3 is 2.79 bits per heavy atom. The summed E-state index contributed by atoms with van der Waals surface area (Å²) < 4.78 is 6.17. The molecule has 10 nitrogen and oxygen atoms in total. The van der Waals surface area contributed by atoms with Gasteiger partial charge in [0.15, 0.2) is 5.75 Å². The Morgan fingerprint density at radius 2 is 2.10 bits per heavy atom. The molecule has 0 bridgehead atoms. The lowest BCUT2D eigenvalue weighted by atomic mass is 10.2. The number of nitro groups is 1. The lowest BCUT2D eigenvalue weighted by Crippen LogP contribution is -2.26. The van der Waals surface area contributed by atoms with Crippen LogP contribution in [0, 0.1) is 10.1 Å². The summed E-state index contributed by atoms with van der Waals surface area (Å²) in [4.78, 5) is 29.7. The standard InChI is InChI=1S/C17H13BrClN5O5/c18-9-1-2-12(11(19)5-9)23-16-10-6-14(24(27)28)15(7-13(10)21-8-22-16)29-4-3-20-17(25)26/h1-2,5-8,20H,3-4H2,(H,25,26)(H,21,22,23). The molecule has 0 unspecified atom stereocenters. The number of rotatable bonds is 7. The van der Waals surface area contributed by atoms with Gasteiger partial charge in [-0.1, -0.05) is 27.5 Å². The monoisotopic (exact) mass is 481 g/mol. The van der Waals surface area contributed by atoms with E-state index < -0.39 is 11.0 Å². The lowest BCUT2D eigenvalue weighted by molar-refractivity contribution is -0.385. The van der Waals surface area contributed by atoms with E-state index in [1.807, 2.05) is 0 Å². The number of carbonyl (C=O) groups is 1. The van der Waals surface area contributed by atoms with Crippen LogP contribution in [-0.4, -0.2) is 39.2 Å². The minimum atomic E-state index is -1.21. The molecule has 0 spiro atoms. The summed E-state index contributed by atoms with van der Waals surface area (Å²) in [5.74, 6) is 0.308. The summed E-state index contributed by atoms with van der Waals surface area (Å²) >= 11 is 9.54. The largest absolute Gasteiger partial charge is 0.485 e. The van der Waals surface area contributed by atoms with E-state index in [0.29, 0.717) is 27.4 Å². The molecule has 29 heavy (non-hydrogen) atoms. The predicted octanol–water partition coefficient (Wildman–Crippen LogP) is 4.34. The fraction of sp³-hybridized carbons (Fsp3) is 0.118. The van der Waals surface area contributed by atoms with Crippen LogP contribution in [-0.2, 0) is 0 Å². The summed E-state index contributed by atoms with van der Waals surface area (Å²) in [6, 6.07) is 7.93. The first-order chi connectivity index (χ1) is 13.8. The van der Waals surface area contributed by atoms with Crippen LogP contribution in [0.2, 0.25) is 5.02 Å². The number of nitrogens with zero attached hydrogens (tertiary/aromatic N) is 3. The smallest absolute Gasteiger partial charge is 0.404 e. The molecule has 1 amide bonds. The molecule has 150 valence electrons. The molecule has 3 N–H and O–H groups in total. The molecule has 0 fully saturated rings. The van der Waals surface area contributed by atoms with Crippen molar-refractivity contribution in [3.8, 4) is 5.75 Å². The fourth-order valence-corrected chi connectivity index (χ4v) is 3.19. The van der Waals surface area contributed by atoms with Gasteiger partial charge in [0.2, 0.25) is 0 Å². The van der Waals surface area contributed by atoms with Crippen LogP contribution >= 0.6 is 27.5 Å². The Labute approximate surface area is 177 Å². The molecule has 1 heterocycles. The second-order valence-electron chi connectivity index (χ2n) is 5.65. The highest BCUT2D eigenvalue weighted by Crippen LogP contribution is 2.35. The number of aromatic nitrogens is 2. The average Bonchev–Trinajstić information content (AvgIpc) is 2.66. The van der Waals surface area contributed by atoms with Crippen LogP contribution in [0.25, 0.3) is 10.9 Å². The van der Waals surface area contributed by atoms with Crippen molar-refractivity contribution in [1.29, 1.82) is 0 Å². The number of nitrogens with one attached hydrogen (secondary N) is 2. The normalized spacial score (nSPS) is 10.6. The molecule has 0 aliphatic rings. The van der Waals surface area contributed by atoms with E-state index in [0.717, 1.165) is 4.47 Å². The van der Waals surface area contributed by atoms with E-state index in [1.54, 1.807) is 18.2 Å². The minimum Gasteiger partial charge on any atom is -0.485 e. The van der Waals surface area contributed by atoms with Crippen molar-refractivity contribution in [2.75, 3.05) is 18.5 Å². The molecule has 0 saturated heterocycles. The first-order valence-electron chi connectivity index (χ1n) is 8.10. The lowest BCUT2D eigenvalue weighted by Gasteiger charge is -2.12. The zero-order valence-electron chi connectivity index (χ0n) is 14.6. The van der Waals surface area contributed by atoms with Crippen LogP contribution in [0.3, 0.4) is 0 Å². The number of fused-ring (bicyclic) bond motifs is 1. The van der Waals surface area contributed by atoms with Crippen molar-refractivity contribution in [2.45, 2.75) is 0 Å². The van der Waals surface area contributed by atoms with Crippen molar-refractivity contribution in [2.24, 2.45) is 0 Å². The summed E-state index contributed by atoms with van der Waals surface area (Å²) in [6.07, 6.45) is 0.0932. The van der Waals surface area contributed by atoms with Crippen molar-refractivity contribution in [1.82, 2.24) is 15.3 Å². The van der Waals surface area contributed by atoms with Gasteiger partial charge in [0.25, 0.3) is 0 Å². The molecule has 1 aromatic heterocycles. The number of hydrogen-bond acceptors (Lipinski definition) is 7. The molecule has 2 aromatic carbocycles. The first-order valence-corrected chi connectivity index (χ1v) is 9.27. The van der Waals surface area contributed by atoms with Crippen molar-refractivity contribution < 1.29 is 19.6 Å². The third-order valence-electron chi connectivity index (χ3n) is 3.73. The van der Waals surface area contributed by atoms with Crippen LogP contribution in [0.15, 0.2) is 41.1 Å². The average molecular weight is 483 g/mol. The highest BCUT2D eigenvalue weighted by molar-refractivity contribution is 9.10. The number of hydrogen-bond donors (Lipinski definition) is 3. The van der Waals surface area contributed by atoms with Gasteiger partial charge in [0.1, 0.15) is 18.8 Å². The van der Waals surface area contributed by atoms with Crippen molar-refractivity contribution in [3.63, 3.8) is 0 Å². The Hall–Kier alpha value is -3.18. The summed E-state index contributed by atoms with van der Waals surface area (Å²) in [6.45, 7) is -0.105. The molecule has 0 aliphatic carbocycles. The van der Waals surface area contributed by atoms with Gasteiger partial charge >= 0.3 is 11.8 Å². The van der Waals surface area contributed by atoms with E-state index in [9.17, 15) is 14.9 Å². The van der Waals surface area contributed by atoms with Gasteiger partial charge in [-0.2, -0.15) is 0 Å². The summed E-state index contributed by atoms with van der Waals surface area (Å²) in [5, 5.41) is 26.1. The summed E-state index contributed by atoms with van der Waals surface area (Å²) in [7, 11) is 0. The van der Waals surface area contributed by atoms with E-state index in [2.05, 4.69) is 36.5 Å².